The predicted octanol–water partition coefficient (Wildman–Crippen LogP) is 3.72. The predicted molar refractivity (Wildman–Crippen MR) is 126 cm³/mol. The van der Waals surface area contributed by atoms with E-state index in [1.54, 1.807) is 13.8 Å². The standard InChI is InChI=1S/C23H27ClN4O5/c1-13(2)20(26-22(30)16-9-10-17(24)18(11-16)28(32)33)23(31)27(5)12-19(29)25-21-14(3)7-6-8-15(21)4/h6-11,13,20H,12H2,1-5H3,(H,25,29)(H,26,30). The van der Waals surface area contributed by atoms with Crippen molar-refractivity contribution < 1.29 is 19.3 Å². The number of nitro groups is 1. The molecule has 2 aromatic carbocycles. The second-order valence-electron chi connectivity index (χ2n) is 8.13. The van der Waals surface area contributed by atoms with Crippen molar-refractivity contribution in [2.24, 2.45) is 5.92 Å². The Balaban J connectivity index is 2.11. The van der Waals surface area contributed by atoms with Crippen LogP contribution in [0, 0.1) is 29.9 Å². The van der Waals surface area contributed by atoms with E-state index in [-0.39, 0.29) is 29.0 Å². The molecular weight excluding hydrogens is 448 g/mol. The molecule has 0 heterocycles. The summed E-state index contributed by atoms with van der Waals surface area (Å²) in [5.41, 5.74) is 2.10. The maximum Gasteiger partial charge on any atom is 0.288 e. The van der Waals surface area contributed by atoms with E-state index in [1.807, 2.05) is 32.0 Å². The van der Waals surface area contributed by atoms with Crippen LogP contribution < -0.4 is 10.6 Å². The van der Waals surface area contributed by atoms with Gasteiger partial charge in [-0.15, -0.1) is 0 Å². The second-order valence-corrected chi connectivity index (χ2v) is 8.53. The molecule has 3 amide bonds. The van der Waals surface area contributed by atoms with E-state index in [4.69, 9.17) is 11.6 Å². The van der Waals surface area contributed by atoms with Crippen LogP contribution in [0.4, 0.5) is 11.4 Å². The summed E-state index contributed by atoms with van der Waals surface area (Å²) in [6.45, 7) is 7.04. The van der Waals surface area contributed by atoms with Gasteiger partial charge in [0.05, 0.1) is 11.5 Å². The van der Waals surface area contributed by atoms with Crippen LogP contribution in [-0.2, 0) is 9.59 Å². The molecule has 9 nitrogen and oxygen atoms in total. The average molecular weight is 475 g/mol. The molecule has 10 heteroatoms. The number of nitrogens with zero attached hydrogens (tertiary/aromatic N) is 2. The van der Waals surface area contributed by atoms with Gasteiger partial charge in [0.2, 0.25) is 11.8 Å². The van der Waals surface area contributed by atoms with Crippen LogP contribution >= 0.6 is 11.6 Å². The van der Waals surface area contributed by atoms with Gasteiger partial charge in [-0.25, -0.2) is 0 Å². The number of anilines is 1. The summed E-state index contributed by atoms with van der Waals surface area (Å²) in [7, 11) is 1.47. The van der Waals surface area contributed by atoms with Gasteiger partial charge in [-0.1, -0.05) is 43.6 Å². The number of aryl methyl sites for hydroxylation is 2. The molecule has 0 spiro atoms. The van der Waals surface area contributed by atoms with E-state index < -0.39 is 28.5 Å². The molecule has 2 aromatic rings. The van der Waals surface area contributed by atoms with Gasteiger partial charge in [-0.3, -0.25) is 24.5 Å². The fourth-order valence-corrected chi connectivity index (χ4v) is 3.44. The van der Waals surface area contributed by atoms with E-state index in [0.29, 0.717) is 5.69 Å². The lowest BCUT2D eigenvalue weighted by atomic mass is 10.0. The number of hydrogen-bond acceptors (Lipinski definition) is 5. The molecule has 1 atom stereocenters. The number of carbonyl (C=O) groups is 3. The first-order valence-corrected chi connectivity index (χ1v) is 10.7. The number of para-hydroxylation sites is 1. The lowest BCUT2D eigenvalue weighted by Crippen LogP contribution is -2.51. The number of amides is 3. The van der Waals surface area contributed by atoms with E-state index in [2.05, 4.69) is 10.6 Å². The monoisotopic (exact) mass is 474 g/mol. The summed E-state index contributed by atoms with van der Waals surface area (Å²) in [5, 5.41) is 16.4. The lowest BCUT2D eigenvalue weighted by Gasteiger charge is -2.27. The Labute approximate surface area is 197 Å². The zero-order valence-electron chi connectivity index (χ0n) is 19.1. The quantitative estimate of drug-likeness (QED) is 0.446. The van der Waals surface area contributed by atoms with E-state index in [9.17, 15) is 24.5 Å². The maximum absolute atomic E-state index is 13.0. The Bertz CT molecular complexity index is 1070. The average Bonchev–Trinajstić information content (AvgIpc) is 2.73. The number of hydrogen-bond donors (Lipinski definition) is 2. The highest BCUT2D eigenvalue weighted by molar-refractivity contribution is 6.32. The molecule has 0 saturated heterocycles. The van der Waals surface area contributed by atoms with Crippen molar-refractivity contribution in [3.8, 4) is 0 Å². The Kier molecular flexibility index (Phi) is 8.53. The van der Waals surface area contributed by atoms with Crippen LogP contribution in [0.3, 0.4) is 0 Å². The SMILES string of the molecule is Cc1cccc(C)c1NC(=O)CN(C)C(=O)C(NC(=O)c1ccc(Cl)c([N+](=O)[O-])c1)C(C)C. The van der Waals surface area contributed by atoms with Gasteiger partial charge in [-0.2, -0.15) is 0 Å². The van der Waals surface area contributed by atoms with Crippen LogP contribution in [-0.4, -0.2) is 47.2 Å². The molecule has 0 aliphatic heterocycles. The Morgan fingerprint density at radius 2 is 1.73 bits per heavy atom. The van der Waals surface area contributed by atoms with Crippen molar-refractivity contribution in [2.45, 2.75) is 33.7 Å². The summed E-state index contributed by atoms with van der Waals surface area (Å²) in [6.07, 6.45) is 0. The Hall–Kier alpha value is -3.46. The van der Waals surface area contributed by atoms with Crippen LogP contribution in [0.1, 0.15) is 35.3 Å². The van der Waals surface area contributed by atoms with E-state index in [1.165, 1.54) is 24.1 Å². The third-order valence-corrected chi connectivity index (χ3v) is 5.45. The van der Waals surface area contributed by atoms with Gasteiger partial charge >= 0.3 is 0 Å². The third-order valence-electron chi connectivity index (χ3n) is 5.13. The highest BCUT2D eigenvalue weighted by Crippen LogP contribution is 2.25. The molecule has 0 saturated carbocycles. The topological polar surface area (TPSA) is 122 Å². The number of halogens is 1. The van der Waals surface area contributed by atoms with Gasteiger partial charge in [0.15, 0.2) is 0 Å². The largest absolute Gasteiger partial charge is 0.340 e. The highest BCUT2D eigenvalue weighted by Gasteiger charge is 2.29. The zero-order chi connectivity index (χ0) is 24.9. The fourth-order valence-electron chi connectivity index (χ4n) is 3.25. The smallest absolute Gasteiger partial charge is 0.288 e. The van der Waals surface area contributed by atoms with Gasteiger partial charge < -0.3 is 15.5 Å². The first-order chi connectivity index (χ1) is 15.4. The number of nitrogens with one attached hydrogen (secondary N) is 2. The van der Waals surface area contributed by atoms with Crippen molar-refractivity contribution in [2.75, 3.05) is 18.9 Å². The molecule has 0 aliphatic rings. The van der Waals surface area contributed by atoms with Gasteiger partial charge in [0.25, 0.3) is 11.6 Å². The molecule has 0 fully saturated rings. The second kappa shape index (κ2) is 10.9. The normalized spacial score (nSPS) is 11.6. The molecule has 1 unspecified atom stereocenters. The van der Waals surface area contributed by atoms with Crippen LogP contribution in [0.5, 0.6) is 0 Å². The number of nitro benzene ring substituents is 1. The van der Waals surface area contributed by atoms with Crippen molar-refractivity contribution >= 4 is 40.7 Å². The van der Waals surface area contributed by atoms with Crippen LogP contribution in [0.25, 0.3) is 0 Å². The number of rotatable bonds is 8. The molecule has 0 aliphatic carbocycles. The molecule has 0 bridgehead atoms. The first kappa shape index (κ1) is 25.8. The summed E-state index contributed by atoms with van der Waals surface area (Å²) >= 11 is 5.80. The summed E-state index contributed by atoms with van der Waals surface area (Å²) in [4.78, 5) is 49.9. The number of likely N-dealkylation sites (N-methyl/N-ethyl adjacent to an activating group) is 1. The number of benzene rings is 2. The minimum absolute atomic E-state index is 0.0000240. The van der Waals surface area contributed by atoms with E-state index >= 15 is 0 Å². The summed E-state index contributed by atoms with van der Waals surface area (Å²) in [5.74, 6) is -1.79. The van der Waals surface area contributed by atoms with E-state index in [0.717, 1.165) is 17.2 Å². The summed E-state index contributed by atoms with van der Waals surface area (Å²) < 4.78 is 0. The molecule has 33 heavy (non-hydrogen) atoms. The molecular formula is C23H27ClN4O5. The van der Waals surface area contributed by atoms with Crippen LogP contribution in [0.15, 0.2) is 36.4 Å². The lowest BCUT2D eigenvalue weighted by molar-refractivity contribution is -0.384. The van der Waals surface area contributed by atoms with Crippen LogP contribution in [0.2, 0.25) is 5.02 Å². The van der Waals surface area contributed by atoms with Gasteiger partial charge in [0.1, 0.15) is 11.1 Å². The molecule has 0 radical (unpaired) electrons. The molecule has 0 aromatic heterocycles. The Morgan fingerprint density at radius 3 is 2.27 bits per heavy atom. The van der Waals surface area contributed by atoms with Crippen molar-refractivity contribution in [3.63, 3.8) is 0 Å². The van der Waals surface area contributed by atoms with Crippen molar-refractivity contribution in [3.05, 3.63) is 68.2 Å². The van der Waals surface area contributed by atoms with Crippen molar-refractivity contribution in [1.82, 2.24) is 10.2 Å². The van der Waals surface area contributed by atoms with Crippen molar-refractivity contribution in [1.29, 1.82) is 0 Å². The highest BCUT2D eigenvalue weighted by atomic mass is 35.5. The molecule has 2 N–H and O–H groups in total. The van der Waals surface area contributed by atoms with Gasteiger partial charge in [-0.05, 0) is 43.0 Å². The molecule has 176 valence electrons. The first-order valence-electron chi connectivity index (χ1n) is 10.3. The minimum Gasteiger partial charge on any atom is -0.340 e. The molecule has 2 rings (SSSR count). The third kappa shape index (κ3) is 6.52. The van der Waals surface area contributed by atoms with Gasteiger partial charge in [0, 0.05) is 24.4 Å². The summed E-state index contributed by atoms with van der Waals surface area (Å²) in [6, 6.07) is 8.36. The zero-order valence-corrected chi connectivity index (χ0v) is 19.9. The maximum atomic E-state index is 13.0. The number of carbonyl (C=O) groups excluding carboxylic acids is 3. The minimum atomic E-state index is -0.940. The fraction of sp³-hybridized carbons (Fsp3) is 0.348. The Morgan fingerprint density at radius 1 is 1.12 bits per heavy atom.